The first-order chi connectivity index (χ1) is 7.80. The van der Waals surface area contributed by atoms with Gasteiger partial charge in [0.2, 0.25) is 5.91 Å². The Morgan fingerprint density at radius 2 is 2.00 bits per heavy atom. The molecule has 0 fully saturated rings. The average molecular weight is 246 g/mol. The third-order valence-corrected chi connectivity index (χ3v) is 2.14. The van der Waals surface area contributed by atoms with Crippen molar-refractivity contribution in [3.05, 3.63) is 29.8 Å². The summed E-state index contributed by atoms with van der Waals surface area (Å²) in [5.74, 6) is -0.561. The van der Waals surface area contributed by atoms with Gasteiger partial charge in [-0.2, -0.15) is 13.2 Å². The van der Waals surface area contributed by atoms with Gasteiger partial charge in [0, 0.05) is 18.2 Å². The van der Waals surface area contributed by atoms with E-state index in [0.29, 0.717) is 0 Å². The number of halogens is 3. The van der Waals surface area contributed by atoms with Crippen LogP contribution in [0.3, 0.4) is 0 Å². The molecule has 0 aliphatic rings. The molecule has 0 aromatic heterocycles. The molecule has 1 aromatic rings. The van der Waals surface area contributed by atoms with Crippen molar-refractivity contribution < 1.29 is 18.0 Å². The molecule has 1 rings (SSSR count). The van der Waals surface area contributed by atoms with Gasteiger partial charge in [-0.1, -0.05) is 12.1 Å². The van der Waals surface area contributed by atoms with E-state index in [1.54, 1.807) is 6.92 Å². The highest BCUT2D eigenvalue weighted by molar-refractivity contribution is 5.75. The third kappa shape index (κ3) is 3.97. The molecular formula is C11H13F3N2O. The molecule has 3 N–H and O–H groups in total. The Hall–Kier alpha value is -1.72. The highest BCUT2D eigenvalue weighted by Crippen LogP contribution is 2.34. The minimum atomic E-state index is -4.42. The Balaban J connectivity index is 2.87. The highest BCUT2D eigenvalue weighted by atomic mass is 19.4. The fraction of sp³-hybridized carbons (Fsp3) is 0.364. The van der Waals surface area contributed by atoms with Crippen molar-refractivity contribution in [2.45, 2.75) is 25.6 Å². The van der Waals surface area contributed by atoms with Crippen molar-refractivity contribution in [3.63, 3.8) is 0 Å². The van der Waals surface area contributed by atoms with Gasteiger partial charge in [-0.3, -0.25) is 4.79 Å². The monoisotopic (exact) mass is 246 g/mol. The van der Waals surface area contributed by atoms with E-state index in [1.165, 1.54) is 18.2 Å². The van der Waals surface area contributed by atoms with E-state index in [2.05, 4.69) is 5.32 Å². The van der Waals surface area contributed by atoms with Crippen LogP contribution in [0.1, 0.15) is 18.9 Å². The summed E-state index contributed by atoms with van der Waals surface area (Å²) >= 11 is 0. The first-order valence-corrected chi connectivity index (χ1v) is 5.01. The molecule has 3 nitrogen and oxygen atoms in total. The fourth-order valence-corrected chi connectivity index (χ4v) is 1.47. The maximum absolute atomic E-state index is 12.6. The second kappa shape index (κ2) is 5.07. The van der Waals surface area contributed by atoms with E-state index in [4.69, 9.17) is 5.73 Å². The first-order valence-electron chi connectivity index (χ1n) is 5.01. The molecule has 0 spiro atoms. The largest absolute Gasteiger partial charge is 0.418 e. The van der Waals surface area contributed by atoms with E-state index < -0.39 is 23.7 Å². The van der Waals surface area contributed by atoms with Crippen LogP contribution in [-0.2, 0) is 11.0 Å². The van der Waals surface area contributed by atoms with Crippen LogP contribution in [0.25, 0.3) is 0 Å². The van der Waals surface area contributed by atoms with Crippen LogP contribution in [-0.4, -0.2) is 11.9 Å². The summed E-state index contributed by atoms with van der Waals surface area (Å²) in [5, 5.41) is 2.63. The molecular weight excluding hydrogens is 233 g/mol. The Morgan fingerprint density at radius 1 is 1.41 bits per heavy atom. The molecule has 1 aromatic carbocycles. The number of nitrogens with one attached hydrogen (secondary N) is 1. The smallest absolute Gasteiger partial charge is 0.382 e. The van der Waals surface area contributed by atoms with Gasteiger partial charge in [0.1, 0.15) is 0 Å². The minimum absolute atomic E-state index is 0.0216. The van der Waals surface area contributed by atoms with Crippen LogP contribution in [0.4, 0.5) is 18.9 Å². The second-order valence-corrected chi connectivity index (χ2v) is 3.76. The van der Waals surface area contributed by atoms with Crippen molar-refractivity contribution in [2.75, 3.05) is 5.32 Å². The van der Waals surface area contributed by atoms with Gasteiger partial charge in [-0.05, 0) is 19.1 Å². The standard InChI is InChI=1S/C11H13F3N2O/c1-7(6-10(15)17)16-9-5-3-2-4-8(9)11(12,13)14/h2-5,7,16H,6H2,1H3,(H2,15,17). The van der Waals surface area contributed by atoms with Crippen LogP contribution < -0.4 is 11.1 Å². The lowest BCUT2D eigenvalue weighted by molar-refractivity contribution is -0.137. The zero-order valence-electron chi connectivity index (χ0n) is 9.21. The Kier molecular flexibility index (Phi) is 3.98. The number of carbonyl (C=O) groups excluding carboxylic acids is 1. The van der Waals surface area contributed by atoms with E-state index in [-0.39, 0.29) is 12.1 Å². The number of para-hydroxylation sites is 1. The topological polar surface area (TPSA) is 55.1 Å². The second-order valence-electron chi connectivity index (χ2n) is 3.76. The van der Waals surface area contributed by atoms with E-state index in [1.807, 2.05) is 0 Å². The van der Waals surface area contributed by atoms with Gasteiger partial charge in [0.25, 0.3) is 0 Å². The zero-order valence-corrected chi connectivity index (χ0v) is 9.21. The quantitative estimate of drug-likeness (QED) is 0.857. The summed E-state index contributed by atoms with van der Waals surface area (Å²) in [6, 6.07) is 4.66. The van der Waals surface area contributed by atoms with Crippen LogP contribution in [0.5, 0.6) is 0 Å². The minimum Gasteiger partial charge on any atom is -0.382 e. The molecule has 0 saturated heterocycles. The SMILES string of the molecule is CC(CC(N)=O)Nc1ccccc1C(F)(F)F. The summed E-state index contributed by atoms with van der Waals surface area (Å²) in [6.45, 7) is 1.60. The molecule has 1 unspecified atom stereocenters. The number of amides is 1. The number of rotatable bonds is 4. The van der Waals surface area contributed by atoms with Gasteiger partial charge in [0.15, 0.2) is 0 Å². The normalized spacial score (nSPS) is 13.2. The average Bonchev–Trinajstić information content (AvgIpc) is 2.15. The number of anilines is 1. The zero-order chi connectivity index (χ0) is 13.1. The molecule has 17 heavy (non-hydrogen) atoms. The molecule has 0 aliphatic carbocycles. The molecule has 6 heteroatoms. The first kappa shape index (κ1) is 13.3. The van der Waals surface area contributed by atoms with Crippen LogP contribution in [0.15, 0.2) is 24.3 Å². The summed E-state index contributed by atoms with van der Waals surface area (Å²) in [7, 11) is 0. The van der Waals surface area contributed by atoms with Crippen LogP contribution >= 0.6 is 0 Å². The lowest BCUT2D eigenvalue weighted by Gasteiger charge is -2.18. The predicted octanol–water partition coefficient (Wildman–Crippen LogP) is 2.38. The number of benzene rings is 1. The van der Waals surface area contributed by atoms with E-state index >= 15 is 0 Å². The fourth-order valence-electron chi connectivity index (χ4n) is 1.47. The van der Waals surface area contributed by atoms with Gasteiger partial charge < -0.3 is 11.1 Å². The van der Waals surface area contributed by atoms with Crippen molar-refractivity contribution >= 4 is 11.6 Å². The molecule has 1 atom stereocenters. The lowest BCUT2D eigenvalue weighted by Crippen LogP contribution is -2.25. The Labute approximate surface area is 96.8 Å². The van der Waals surface area contributed by atoms with Crippen LogP contribution in [0.2, 0.25) is 0 Å². The Bertz CT molecular complexity index is 404. The number of hydrogen-bond acceptors (Lipinski definition) is 2. The summed E-state index contributed by atoms with van der Waals surface area (Å²) < 4.78 is 37.9. The molecule has 0 saturated carbocycles. The molecule has 0 radical (unpaired) electrons. The van der Waals surface area contributed by atoms with E-state index in [9.17, 15) is 18.0 Å². The third-order valence-electron chi connectivity index (χ3n) is 2.14. The molecule has 0 bridgehead atoms. The summed E-state index contributed by atoms with van der Waals surface area (Å²) in [5.41, 5.74) is 4.17. The summed E-state index contributed by atoms with van der Waals surface area (Å²) in [6.07, 6.45) is -4.44. The predicted molar refractivity (Wildman–Crippen MR) is 58.3 cm³/mol. The van der Waals surface area contributed by atoms with Gasteiger partial charge in [0.05, 0.1) is 5.56 Å². The molecule has 0 aliphatic heterocycles. The van der Waals surface area contributed by atoms with Crippen molar-refractivity contribution in [1.29, 1.82) is 0 Å². The van der Waals surface area contributed by atoms with Crippen molar-refractivity contribution in [1.82, 2.24) is 0 Å². The highest BCUT2D eigenvalue weighted by Gasteiger charge is 2.33. The number of carbonyl (C=O) groups is 1. The number of nitrogens with two attached hydrogens (primary N) is 1. The molecule has 1 amide bonds. The van der Waals surface area contributed by atoms with Crippen LogP contribution in [0, 0.1) is 0 Å². The van der Waals surface area contributed by atoms with Crippen molar-refractivity contribution in [3.8, 4) is 0 Å². The van der Waals surface area contributed by atoms with Crippen molar-refractivity contribution in [2.24, 2.45) is 5.73 Å². The maximum atomic E-state index is 12.6. The lowest BCUT2D eigenvalue weighted by atomic mass is 10.1. The van der Waals surface area contributed by atoms with Gasteiger partial charge in [-0.15, -0.1) is 0 Å². The Morgan fingerprint density at radius 3 is 2.53 bits per heavy atom. The number of primary amides is 1. The molecule has 0 heterocycles. The van der Waals surface area contributed by atoms with E-state index in [0.717, 1.165) is 6.07 Å². The number of hydrogen-bond donors (Lipinski definition) is 2. The van der Waals surface area contributed by atoms with Gasteiger partial charge in [-0.25, -0.2) is 0 Å². The maximum Gasteiger partial charge on any atom is 0.418 e. The summed E-state index contributed by atoms with van der Waals surface area (Å²) in [4.78, 5) is 10.6. The number of alkyl halides is 3. The molecule has 94 valence electrons. The van der Waals surface area contributed by atoms with Gasteiger partial charge >= 0.3 is 6.18 Å².